The molecule has 6 heteroatoms. The third kappa shape index (κ3) is 3.32. The number of imidazole rings is 1. The average molecular weight is 536 g/mol. The Bertz CT molecular complexity index is 2190. The van der Waals surface area contributed by atoms with Crippen molar-refractivity contribution >= 4 is 61.9 Å². The minimum absolute atomic E-state index is 0.458. The standard InChI is InChI=1S/C34H22N3O2P/c38-40(24-14-6-2-7-15-24,25-16-8-3-9-17-25)26-20-21-30-29(22-26)37-33-32(36-34(37)39-30)28-19-11-10-18-27(28)31(35-33)23-12-4-1-5-13-23/h1-22H. The van der Waals surface area contributed by atoms with Gasteiger partial charge in [0.2, 0.25) is 0 Å². The molecule has 0 N–H and O–H groups in total. The van der Waals surface area contributed by atoms with Crippen LogP contribution in [0.5, 0.6) is 0 Å². The van der Waals surface area contributed by atoms with E-state index in [1.54, 1.807) is 0 Å². The lowest BCUT2D eigenvalue weighted by atomic mass is 10.0. The molecule has 0 saturated carbocycles. The van der Waals surface area contributed by atoms with Crippen LogP contribution in [0.25, 0.3) is 50.1 Å². The first-order valence-corrected chi connectivity index (χ1v) is 14.8. The van der Waals surface area contributed by atoms with Crippen molar-refractivity contribution in [3.05, 3.63) is 133 Å². The molecule has 0 radical (unpaired) electrons. The largest absolute Gasteiger partial charge is 0.423 e. The Kier molecular flexibility index (Phi) is 5.03. The van der Waals surface area contributed by atoms with Crippen molar-refractivity contribution in [1.82, 2.24) is 14.4 Å². The van der Waals surface area contributed by atoms with Crippen LogP contribution in [0.3, 0.4) is 0 Å². The first-order chi connectivity index (χ1) is 19.7. The fourth-order valence-corrected chi connectivity index (χ4v) is 8.29. The van der Waals surface area contributed by atoms with Gasteiger partial charge in [-0.1, -0.05) is 115 Å². The number of fused-ring (bicyclic) bond motifs is 7. The van der Waals surface area contributed by atoms with E-state index in [1.165, 1.54) is 0 Å². The van der Waals surface area contributed by atoms with E-state index in [9.17, 15) is 0 Å². The van der Waals surface area contributed by atoms with Crippen LogP contribution in [0.15, 0.2) is 138 Å². The van der Waals surface area contributed by atoms with E-state index in [0.717, 1.165) is 49.0 Å². The predicted molar refractivity (Wildman–Crippen MR) is 163 cm³/mol. The summed E-state index contributed by atoms with van der Waals surface area (Å²) in [5.41, 5.74) is 4.84. The first-order valence-electron chi connectivity index (χ1n) is 13.1. The Morgan fingerprint density at radius 1 is 0.600 bits per heavy atom. The molecule has 0 atom stereocenters. The Hall–Kier alpha value is -4.99. The summed E-state index contributed by atoms with van der Waals surface area (Å²) < 4.78 is 23.2. The van der Waals surface area contributed by atoms with Crippen molar-refractivity contribution in [3.63, 3.8) is 0 Å². The van der Waals surface area contributed by atoms with Crippen molar-refractivity contribution in [1.29, 1.82) is 0 Å². The third-order valence-corrected chi connectivity index (χ3v) is 10.6. The molecule has 40 heavy (non-hydrogen) atoms. The molecule has 8 aromatic rings. The highest BCUT2D eigenvalue weighted by molar-refractivity contribution is 7.85. The number of benzene rings is 5. The molecular formula is C34H22N3O2P. The van der Waals surface area contributed by atoms with Crippen LogP contribution < -0.4 is 15.9 Å². The maximum absolute atomic E-state index is 15.1. The van der Waals surface area contributed by atoms with Gasteiger partial charge in [0.05, 0.1) is 11.2 Å². The zero-order chi connectivity index (χ0) is 26.7. The first kappa shape index (κ1) is 22.9. The van der Waals surface area contributed by atoms with Gasteiger partial charge in [-0.15, -0.1) is 0 Å². The SMILES string of the molecule is O=P(c1ccccc1)(c1ccccc1)c1ccc2oc3nc4c5ccccc5c(-c5ccccc5)nc4n3c2c1. The van der Waals surface area contributed by atoms with Gasteiger partial charge in [0.1, 0.15) is 5.52 Å². The molecule has 0 unspecified atom stereocenters. The summed E-state index contributed by atoms with van der Waals surface area (Å²) in [4.78, 5) is 10.1. The highest BCUT2D eigenvalue weighted by atomic mass is 31.2. The van der Waals surface area contributed by atoms with Crippen molar-refractivity contribution in [2.24, 2.45) is 0 Å². The van der Waals surface area contributed by atoms with Crippen LogP contribution in [0.1, 0.15) is 0 Å². The molecule has 5 nitrogen and oxygen atoms in total. The highest BCUT2D eigenvalue weighted by Gasteiger charge is 2.30. The quantitative estimate of drug-likeness (QED) is 0.226. The molecule has 3 aromatic heterocycles. The molecular weight excluding hydrogens is 513 g/mol. The molecule has 8 rings (SSSR count). The zero-order valence-electron chi connectivity index (χ0n) is 21.3. The van der Waals surface area contributed by atoms with E-state index in [0.29, 0.717) is 17.1 Å². The molecule has 190 valence electrons. The summed E-state index contributed by atoms with van der Waals surface area (Å²) in [6.45, 7) is 0. The molecule has 0 fully saturated rings. The molecule has 0 aliphatic carbocycles. The number of hydrogen-bond donors (Lipinski definition) is 0. The molecule has 0 saturated heterocycles. The van der Waals surface area contributed by atoms with Crippen molar-refractivity contribution in [2.45, 2.75) is 0 Å². The number of rotatable bonds is 4. The molecule has 0 spiro atoms. The maximum Gasteiger partial charge on any atom is 0.309 e. The van der Waals surface area contributed by atoms with Crippen LogP contribution in [0.2, 0.25) is 0 Å². The van der Waals surface area contributed by atoms with E-state index in [4.69, 9.17) is 14.4 Å². The van der Waals surface area contributed by atoms with Crippen molar-refractivity contribution in [2.75, 3.05) is 0 Å². The van der Waals surface area contributed by atoms with Crippen molar-refractivity contribution in [3.8, 4) is 11.3 Å². The second-order valence-electron chi connectivity index (χ2n) is 9.81. The smallest absolute Gasteiger partial charge is 0.309 e. The zero-order valence-corrected chi connectivity index (χ0v) is 22.2. The Balaban J connectivity index is 1.45. The normalized spacial score (nSPS) is 12.1. The minimum Gasteiger partial charge on any atom is -0.423 e. The van der Waals surface area contributed by atoms with Gasteiger partial charge in [0.15, 0.2) is 18.4 Å². The molecule has 0 aliphatic heterocycles. The van der Waals surface area contributed by atoms with Gasteiger partial charge in [-0.05, 0) is 18.2 Å². The maximum atomic E-state index is 15.1. The predicted octanol–water partition coefficient (Wildman–Crippen LogP) is 7.09. The lowest BCUT2D eigenvalue weighted by Crippen LogP contribution is -2.24. The van der Waals surface area contributed by atoms with Crippen LogP contribution in [-0.4, -0.2) is 14.4 Å². The number of nitrogens with zero attached hydrogens (tertiary/aromatic N) is 3. The summed E-state index contributed by atoms with van der Waals surface area (Å²) in [5.74, 6) is 0.458. The Morgan fingerprint density at radius 3 is 1.88 bits per heavy atom. The summed E-state index contributed by atoms with van der Waals surface area (Å²) in [5, 5.41) is 4.34. The van der Waals surface area contributed by atoms with E-state index in [2.05, 4.69) is 24.3 Å². The van der Waals surface area contributed by atoms with Gasteiger partial charge < -0.3 is 8.98 Å². The van der Waals surface area contributed by atoms with Crippen LogP contribution >= 0.6 is 7.14 Å². The average Bonchev–Trinajstić information content (AvgIpc) is 3.57. The number of aromatic nitrogens is 3. The van der Waals surface area contributed by atoms with E-state index in [-0.39, 0.29) is 0 Å². The summed E-state index contributed by atoms with van der Waals surface area (Å²) in [6.07, 6.45) is 0. The van der Waals surface area contributed by atoms with E-state index >= 15 is 4.57 Å². The second-order valence-corrected chi connectivity index (χ2v) is 12.6. The summed E-state index contributed by atoms with van der Waals surface area (Å²) in [6, 6.07) is 43.5. The fourth-order valence-electron chi connectivity index (χ4n) is 5.62. The third-order valence-electron chi connectivity index (χ3n) is 7.51. The summed E-state index contributed by atoms with van der Waals surface area (Å²) >= 11 is 0. The Morgan fingerprint density at radius 2 is 1.20 bits per heavy atom. The topological polar surface area (TPSA) is 60.4 Å². The van der Waals surface area contributed by atoms with Crippen LogP contribution in [0, 0.1) is 0 Å². The second kappa shape index (κ2) is 8.77. The molecule has 0 amide bonds. The fraction of sp³-hybridized carbons (Fsp3) is 0. The van der Waals surface area contributed by atoms with E-state index < -0.39 is 7.14 Å². The number of hydrogen-bond acceptors (Lipinski definition) is 4. The highest BCUT2D eigenvalue weighted by Crippen LogP contribution is 2.43. The van der Waals surface area contributed by atoms with E-state index in [1.807, 2.05) is 114 Å². The van der Waals surface area contributed by atoms with Gasteiger partial charge in [-0.3, -0.25) is 0 Å². The van der Waals surface area contributed by atoms with Crippen molar-refractivity contribution < 1.29 is 8.98 Å². The van der Waals surface area contributed by atoms with Gasteiger partial charge >= 0.3 is 5.84 Å². The minimum atomic E-state index is -3.17. The van der Waals surface area contributed by atoms with Crippen LogP contribution in [-0.2, 0) is 4.57 Å². The Labute approximate surface area is 229 Å². The van der Waals surface area contributed by atoms with Gasteiger partial charge in [-0.2, -0.15) is 4.98 Å². The van der Waals surface area contributed by atoms with Gasteiger partial charge in [-0.25, -0.2) is 9.38 Å². The lowest BCUT2D eigenvalue weighted by Gasteiger charge is -2.20. The molecule has 0 aliphatic rings. The van der Waals surface area contributed by atoms with Gasteiger partial charge in [0, 0.05) is 32.2 Å². The summed E-state index contributed by atoms with van der Waals surface area (Å²) in [7, 11) is -3.17. The number of oxazole rings is 1. The number of pyridine rings is 1. The molecule has 3 heterocycles. The monoisotopic (exact) mass is 535 g/mol. The molecule has 5 aromatic carbocycles. The molecule has 0 bridgehead atoms. The lowest BCUT2D eigenvalue weighted by molar-refractivity contribution is 0.592. The van der Waals surface area contributed by atoms with Gasteiger partial charge in [0.25, 0.3) is 0 Å². The van der Waals surface area contributed by atoms with Crippen LogP contribution in [0.4, 0.5) is 0 Å².